The average Bonchev–Trinajstić information content (AvgIpc) is 3.02. The van der Waals surface area contributed by atoms with Crippen LogP contribution in [-0.4, -0.2) is 25.2 Å². The number of methoxy groups -OCH3 is 2. The Bertz CT molecular complexity index is 723. The Morgan fingerprint density at radius 1 is 1.21 bits per heavy atom. The van der Waals surface area contributed by atoms with Gasteiger partial charge in [0.25, 0.3) is 0 Å². The fraction of sp³-hybridized carbons (Fsp3) is 0.278. The van der Waals surface area contributed by atoms with Gasteiger partial charge in [0.2, 0.25) is 5.91 Å². The van der Waals surface area contributed by atoms with E-state index in [1.807, 2.05) is 42.5 Å². The number of nitrogens with zero attached hydrogens (tertiary/aromatic N) is 1. The molecular weight excluding hydrogens is 308 g/mol. The zero-order valence-corrected chi connectivity index (χ0v) is 13.7. The second-order valence-electron chi connectivity index (χ2n) is 5.57. The Morgan fingerprint density at radius 3 is 2.62 bits per heavy atom. The fourth-order valence-corrected chi connectivity index (χ4v) is 2.86. The molecule has 1 heterocycles. The van der Waals surface area contributed by atoms with Gasteiger partial charge < -0.3 is 20.0 Å². The van der Waals surface area contributed by atoms with Crippen LogP contribution < -0.4 is 20.0 Å². The Hall–Kier alpha value is -2.73. The fourth-order valence-electron chi connectivity index (χ4n) is 2.86. The van der Waals surface area contributed by atoms with Crippen molar-refractivity contribution >= 4 is 5.91 Å². The summed E-state index contributed by atoms with van der Waals surface area (Å²) >= 11 is 0. The van der Waals surface area contributed by atoms with Crippen LogP contribution in [0.1, 0.15) is 23.6 Å². The van der Waals surface area contributed by atoms with E-state index in [0.29, 0.717) is 18.0 Å². The van der Waals surface area contributed by atoms with Gasteiger partial charge in [-0.25, -0.2) is 0 Å². The molecule has 0 saturated heterocycles. The first-order valence-electron chi connectivity index (χ1n) is 7.65. The number of para-hydroxylation sites is 1. The van der Waals surface area contributed by atoms with Crippen LogP contribution >= 0.6 is 0 Å². The number of fused-ring (bicyclic) bond motifs is 1. The van der Waals surface area contributed by atoms with Crippen LogP contribution in [0.25, 0.3) is 0 Å². The van der Waals surface area contributed by atoms with Crippen molar-refractivity contribution in [3.05, 3.63) is 53.6 Å². The lowest BCUT2D eigenvalue weighted by Gasteiger charge is -2.26. The molecule has 1 amide bonds. The number of benzene rings is 2. The molecule has 1 unspecified atom stereocenters. The molecule has 126 valence electrons. The number of ether oxygens (including phenoxy) is 2. The van der Waals surface area contributed by atoms with E-state index >= 15 is 0 Å². The predicted octanol–water partition coefficient (Wildman–Crippen LogP) is 2.43. The minimum Gasteiger partial charge on any atom is -0.493 e. The maximum atomic E-state index is 11.6. The van der Waals surface area contributed by atoms with Crippen molar-refractivity contribution in [3.63, 3.8) is 0 Å². The minimum atomic E-state index is -0.394. The molecule has 1 aliphatic rings. The van der Waals surface area contributed by atoms with E-state index in [0.717, 1.165) is 16.9 Å². The van der Waals surface area contributed by atoms with Crippen LogP contribution in [-0.2, 0) is 11.3 Å². The third-order valence-corrected chi connectivity index (χ3v) is 4.05. The number of nitrogens with two attached hydrogens (primary N) is 1. The van der Waals surface area contributed by atoms with E-state index in [9.17, 15) is 4.79 Å². The summed E-state index contributed by atoms with van der Waals surface area (Å²) in [6.45, 7) is 0.586. The standard InChI is InChI=1S/C18H20N2O4/c1-22-16-8-7-12(9-17(16)23-2)14(10-18(19)21)20-11-13-5-3-4-6-15(13)24-20/h3-9,14H,10-11H2,1-2H3,(H2,19,21). The van der Waals surface area contributed by atoms with Gasteiger partial charge in [-0.15, -0.1) is 5.06 Å². The number of rotatable bonds is 6. The number of amides is 1. The number of hydrogen-bond donors (Lipinski definition) is 1. The molecule has 24 heavy (non-hydrogen) atoms. The van der Waals surface area contributed by atoms with Crippen molar-refractivity contribution < 1.29 is 19.1 Å². The van der Waals surface area contributed by atoms with Crippen LogP contribution in [0.15, 0.2) is 42.5 Å². The van der Waals surface area contributed by atoms with Gasteiger partial charge in [0.15, 0.2) is 17.2 Å². The summed E-state index contributed by atoms with van der Waals surface area (Å²) in [6, 6.07) is 13.0. The summed E-state index contributed by atoms with van der Waals surface area (Å²) < 4.78 is 10.6. The van der Waals surface area contributed by atoms with Crippen molar-refractivity contribution in [3.8, 4) is 17.2 Å². The van der Waals surface area contributed by atoms with Gasteiger partial charge in [0, 0.05) is 12.0 Å². The predicted molar refractivity (Wildman–Crippen MR) is 88.7 cm³/mol. The summed E-state index contributed by atoms with van der Waals surface area (Å²) in [6.07, 6.45) is 0.142. The average molecular weight is 328 g/mol. The zero-order chi connectivity index (χ0) is 17.1. The van der Waals surface area contributed by atoms with Gasteiger partial charge in [-0.1, -0.05) is 24.3 Å². The molecule has 1 atom stereocenters. The molecular formula is C18H20N2O4. The summed E-state index contributed by atoms with van der Waals surface area (Å²) in [5.41, 5.74) is 7.40. The molecule has 0 bridgehead atoms. The smallest absolute Gasteiger partial charge is 0.219 e. The number of carbonyl (C=O) groups is 1. The van der Waals surface area contributed by atoms with E-state index in [1.54, 1.807) is 19.3 Å². The molecule has 6 nitrogen and oxygen atoms in total. The number of hydroxylamine groups is 2. The van der Waals surface area contributed by atoms with Crippen LogP contribution in [0, 0.1) is 0 Å². The molecule has 0 fully saturated rings. The Labute approximate surface area is 140 Å². The topological polar surface area (TPSA) is 74.0 Å². The first-order valence-corrected chi connectivity index (χ1v) is 7.65. The maximum Gasteiger partial charge on any atom is 0.219 e. The normalized spacial score (nSPS) is 14.6. The summed E-state index contributed by atoms with van der Waals surface area (Å²) in [5, 5.41) is 1.77. The first-order chi connectivity index (χ1) is 11.6. The van der Waals surface area contributed by atoms with Crippen molar-refractivity contribution in [2.45, 2.75) is 19.0 Å². The highest BCUT2D eigenvalue weighted by atomic mass is 16.7. The monoisotopic (exact) mass is 328 g/mol. The summed E-state index contributed by atoms with van der Waals surface area (Å²) in [5.74, 6) is 1.63. The summed E-state index contributed by atoms with van der Waals surface area (Å²) in [4.78, 5) is 17.5. The third kappa shape index (κ3) is 3.14. The van der Waals surface area contributed by atoms with Crippen molar-refractivity contribution in [1.29, 1.82) is 0 Å². The highest BCUT2D eigenvalue weighted by Gasteiger charge is 2.30. The first kappa shape index (κ1) is 16.1. The molecule has 0 aliphatic carbocycles. The number of carbonyl (C=O) groups excluding carboxylic acids is 1. The largest absolute Gasteiger partial charge is 0.493 e. The molecule has 0 aromatic heterocycles. The van der Waals surface area contributed by atoms with E-state index in [1.165, 1.54) is 0 Å². The van der Waals surface area contributed by atoms with Gasteiger partial charge >= 0.3 is 0 Å². The maximum absolute atomic E-state index is 11.6. The van der Waals surface area contributed by atoms with E-state index in [-0.39, 0.29) is 12.5 Å². The molecule has 3 rings (SSSR count). The Morgan fingerprint density at radius 2 is 1.96 bits per heavy atom. The SMILES string of the molecule is COc1ccc(C(CC(N)=O)N2Cc3ccccc3O2)cc1OC. The van der Waals surface area contributed by atoms with Crippen LogP contribution in [0.4, 0.5) is 0 Å². The molecule has 0 saturated carbocycles. The van der Waals surface area contributed by atoms with Crippen LogP contribution in [0.5, 0.6) is 17.2 Å². The lowest BCUT2D eigenvalue weighted by atomic mass is 10.0. The Balaban J connectivity index is 1.92. The molecule has 2 aromatic rings. The molecule has 2 aromatic carbocycles. The third-order valence-electron chi connectivity index (χ3n) is 4.05. The molecule has 6 heteroatoms. The highest BCUT2D eigenvalue weighted by Crippen LogP contribution is 2.38. The van der Waals surface area contributed by atoms with Crippen molar-refractivity contribution in [2.75, 3.05) is 14.2 Å². The van der Waals surface area contributed by atoms with Crippen molar-refractivity contribution in [1.82, 2.24) is 5.06 Å². The highest BCUT2D eigenvalue weighted by molar-refractivity contribution is 5.74. The van der Waals surface area contributed by atoms with Gasteiger partial charge in [-0.3, -0.25) is 4.79 Å². The number of primary amides is 1. The molecule has 0 spiro atoms. The zero-order valence-electron chi connectivity index (χ0n) is 13.7. The van der Waals surface area contributed by atoms with Gasteiger partial charge in [-0.2, -0.15) is 0 Å². The van der Waals surface area contributed by atoms with Crippen LogP contribution in [0.3, 0.4) is 0 Å². The lowest BCUT2D eigenvalue weighted by molar-refractivity contribution is -0.126. The number of hydrogen-bond acceptors (Lipinski definition) is 5. The van der Waals surface area contributed by atoms with Crippen LogP contribution in [0.2, 0.25) is 0 Å². The minimum absolute atomic E-state index is 0.142. The lowest BCUT2D eigenvalue weighted by Crippen LogP contribution is -2.31. The molecule has 1 aliphatic heterocycles. The Kier molecular flexibility index (Phi) is 4.57. The van der Waals surface area contributed by atoms with E-state index < -0.39 is 5.91 Å². The van der Waals surface area contributed by atoms with Gasteiger partial charge in [0.05, 0.1) is 26.8 Å². The second-order valence-corrected chi connectivity index (χ2v) is 5.57. The molecule has 0 radical (unpaired) electrons. The molecule has 2 N–H and O–H groups in total. The second kappa shape index (κ2) is 6.80. The van der Waals surface area contributed by atoms with E-state index in [2.05, 4.69) is 0 Å². The van der Waals surface area contributed by atoms with Crippen molar-refractivity contribution in [2.24, 2.45) is 5.73 Å². The van der Waals surface area contributed by atoms with Gasteiger partial charge in [-0.05, 0) is 23.8 Å². The summed E-state index contributed by atoms with van der Waals surface area (Å²) in [7, 11) is 3.16. The van der Waals surface area contributed by atoms with Gasteiger partial charge in [0.1, 0.15) is 0 Å². The quantitative estimate of drug-likeness (QED) is 0.881. The van der Waals surface area contributed by atoms with E-state index in [4.69, 9.17) is 20.0 Å².